The third-order valence-corrected chi connectivity index (χ3v) is 7.70. The van der Waals surface area contributed by atoms with Crippen LogP contribution in [0.25, 0.3) is 0 Å². The zero-order valence-corrected chi connectivity index (χ0v) is 16.0. The van der Waals surface area contributed by atoms with Gasteiger partial charge in [-0.2, -0.15) is 4.31 Å². The molecule has 1 amide bonds. The zero-order chi connectivity index (χ0) is 18.0. The van der Waals surface area contributed by atoms with Crippen LogP contribution >= 0.6 is 22.9 Å². The molecule has 0 unspecified atom stereocenters. The Bertz CT molecular complexity index is 857. The van der Waals surface area contributed by atoms with Gasteiger partial charge in [-0.1, -0.05) is 11.6 Å². The molecule has 9 heteroatoms. The topological polar surface area (TPSA) is 69.7 Å². The van der Waals surface area contributed by atoms with E-state index in [1.165, 1.54) is 4.31 Å². The van der Waals surface area contributed by atoms with Gasteiger partial charge in [0.15, 0.2) is 0 Å². The summed E-state index contributed by atoms with van der Waals surface area (Å²) in [7, 11) is -1.89. The number of nitrogens with zero attached hydrogens (tertiary/aromatic N) is 2. The number of carbonyl (C=O) groups excluding carboxylic acids is 1. The fourth-order valence-electron chi connectivity index (χ4n) is 2.72. The van der Waals surface area contributed by atoms with E-state index >= 15 is 0 Å². The molecule has 25 heavy (non-hydrogen) atoms. The predicted molar refractivity (Wildman–Crippen MR) is 100 cm³/mol. The molecule has 0 saturated carbocycles. The van der Waals surface area contributed by atoms with Crippen LogP contribution in [0.5, 0.6) is 0 Å². The van der Waals surface area contributed by atoms with Gasteiger partial charge in [-0.15, -0.1) is 11.3 Å². The monoisotopic (exact) mass is 399 g/mol. The summed E-state index contributed by atoms with van der Waals surface area (Å²) in [4.78, 5) is 13.7. The van der Waals surface area contributed by atoms with Gasteiger partial charge < -0.3 is 10.2 Å². The van der Waals surface area contributed by atoms with E-state index in [9.17, 15) is 13.2 Å². The Kier molecular flexibility index (Phi) is 5.33. The number of piperazine rings is 1. The van der Waals surface area contributed by atoms with Crippen molar-refractivity contribution < 1.29 is 13.2 Å². The second-order valence-electron chi connectivity index (χ2n) is 5.58. The molecular formula is C16H18ClN3O3S2. The first-order chi connectivity index (χ1) is 11.9. The van der Waals surface area contributed by atoms with E-state index in [0.29, 0.717) is 36.1 Å². The highest BCUT2D eigenvalue weighted by Crippen LogP contribution is 2.29. The Balaban J connectivity index is 1.66. The largest absolute Gasteiger partial charge is 0.369 e. The molecule has 6 nitrogen and oxygen atoms in total. The quantitative estimate of drug-likeness (QED) is 0.856. The highest BCUT2D eigenvalue weighted by atomic mass is 35.5. The Morgan fingerprint density at radius 2 is 1.72 bits per heavy atom. The minimum Gasteiger partial charge on any atom is -0.369 e. The van der Waals surface area contributed by atoms with E-state index in [4.69, 9.17) is 11.6 Å². The highest BCUT2D eigenvalue weighted by molar-refractivity contribution is 7.91. The summed E-state index contributed by atoms with van der Waals surface area (Å²) in [5.41, 5.74) is 1.57. The summed E-state index contributed by atoms with van der Waals surface area (Å²) in [5.74, 6) is -0.128. The first-order valence-electron chi connectivity index (χ1n) is 7.74. The van der Waals surface area contributed by atoms with Crippen molar-refractivity contribution in [3.05, 3.63) is 46.3 Å². The summed E-state index contributed by atoms with van der Waals surface area (Å²) in [6, 6.07) is 10.5. The SMILES string of the molecule is CNC(=O)c1ccc(N2CCN(S(=O)(=O)c3ccc(Cl)s3)CC2)cc1. The van der Waals surface area contributed by atoms with Crippen molar-refractivity contribution in [3.63, 3.8) is 0 Å². The van der Waals surface area contributed by atoms with Crippen molar-refractivity contribution >= 4 is 44.6 Å². The second-order valence-corrected chi connectivity index (χ2v) is 9.46. The number of amides is 1. The number of hydrogen-bond acceptors (Lipinski definition) is 5. The van der Waals surface area contributed by atoms with E-state index in [0.717, 1.165) is 17.0 Å². The van der Waals surface area contributed by atoms with Crippen LogP contribution in [0.15, 0.2) is 40.6 Å². The number of halogens is 1. The minimum absolute atomic E-state index is 0.128. The lowest BCUT2D eigenvalue weighted by atomic mass is 10.1. The molecule has 0 atom stereocenters. The number of rotatable bonds is 4. The van der Waals surface area contributed by atoms with Crippen LogP contribution in [-0.2, 0) is 10.0 Å². The van der Waals surface area contributed by atoms with Crippen LogP contribution in [0.4, 0.5) is 5.69 Å². The van der Waals surface area contributed by atoms with Crippen molar-refractivity contribution in [1.29, 1.82) is 0 Å². The number of carbonyl (C=O) groups is 1. The molecule has 134 valence electrons. The van der Waals surface area contributed by atoms with Crippen LogP contribution in [0.1, 0.15) is 10.4 Å². The van der Waals surface area contributed by atoms with Crippen LogP contribution in [0.3, 0.4) is 0 Å². The van der Waals surface area contributed by atoms with E-state index in [-0.39, 0.29) is 10.1 Å². The molecule has 1 aliphatic heterocycles. The third-order valence-electron chi connectivity index (χ3n) is 4.10. The van der Waals surface area contributed by atoms with Gasteiger partial charge in [-0.05, 0) is 36.4 Å². The lowest BCUT2D eigenvalue weighted by molar-refractivity contribution is 0.0963. The number of benzene rings is 1. The average Bonchev–Trinajstić information content (AvgIpc) is 3.08. The maximum absolute atomic E-state index is 12.6. The molecule has 1 fully saturated rings. The Hall–Kier alpha value is -1.61. The average molecular weight is 400 g/mol. The van der Waals surface area contributed by atoms with Gasteiger partial charge >= 0.3 is 0 Å². The van der Waals surface area contributed by atoms with Gasteiger partial charge in [0.25, 0.3) is 15.9 Å². The first kappa shape index (κ1) is 18.2. The molecule has 3 rings (SSSR count). The number of thiophene rings is 1. The van der Waals surface area contributed by atoms with Crippen LogP contribution in [-0.4, -0.2) is 51.9 Å². The maximum atomic E-state index is 12.6. The third kappa shape index (κ3) is 3.82. The molecule has 2 aromatic rings. The zero-order valence-electron chi connectivity index (χ0n) is 13.6. The molecule has 1 N–H and O–H groups in total. The van der Waals surface area contributed by atoms with Crippen LogP contribution in [0, 0.1) is 0 Å². The standard InChI is InChI=1S/C16H18ClN3O3S2/c1-18-16(21)12-2-4-13(5-3-12)19-8-10-20(11-9-19)25(22,23)15-7-6-14(17)24-15/h2-7H,8-11H2,1H3,(H,18,21). The Labute approximate surface area is 156 Å². The van der Waals surface area contributed by atoms with Crippen molar-refractivity contribution in [2.45, 2.75) is 4.21 Å². The number of anilines is 1. The van der Waals surface area contributed by atoms with Gasteiger partial charge in [0.05, 0.1) is 4.34 Å². The van der Waals surface area contributed by atoms with Crippen molar-refractivity contribution in [2.24, 2.45) is 0 Å². The molecule has 1 saturated heterocycles. The lowest BCUT2D eigenvalue weighted by Gasteiger charge is -2.35. The second kappa shape index (κ2) is 7.33. The molecule has 0 bridgehead atoms. The highest BCUT2D eigenvalue weighted by Gasteiger charge is 2.29. The lowest BCUT2D eigenvalue weighted by Crippen LogP contribution is -2.48. The smallest absolute Gasteiger partial charge is 0.252 e. The van der Waals surface area contributed by atoms with E-state index in [1.807, 2.05) is 12.1 Å². The summed E-state index contributed by atoms with van der Waals surface area (Å²) in [6.45, 7) is 2.01. The minimum atomic E-state index is -3.48. The van der Waals surface area contributed by atoms with Crippen molar-refractivity contribution in [2.75, 3.05) is 38.1 Å². The fraction of sp³-hybridized carbons (Fsp3) is 0.312. The molecule has 1 aromatic carbocycles. The molecule has 0 spiro atoms. The number of sulfonamides is 1. The Morgan fingerprint density at radius 3 is 2.24 bits per heavy atom. The number of hydrogen-bond donors (Lipinski definition) is 1. The van der Waals surface area contributed by atoms with Crippen LogP contribution in [0.2, 0.25) is 4.34 Å². The van der Waals surface area contributed by atoms with E-state index in [1.54, 1.807) is 31.3 Å². The number of nitrogens with one attached hydrogen (secondary N) is 1. The molecule has 0 aliphatic carbocycles. The maximum Gasteiger partial charge on any atom is 0.252 e. The van der Waals surface area contributed by atoms with E-state index < -0.39 is 10.0 Å². The van der Waals surface area contributed by atoms with Gasteiger partial charge in [0.2, 0.25) is 0 Å². The van der Waals surface area contributed by atoms with E-state index in [2.05, 4.69) is 10.2 Å². The molecule has 2 heterocycles. The summed E-state index contributed by atoms with van der Waals surface area (Å²) in [6.07, 6.45) is 0. The van der Waals surface area contributed by atoms with Gasteiger partial charge in [-0.3, -0.25) is 4.79 Å². The van der Waals surface area contributed by atoms with Crippen molar-refractivity contribution in [3.8, 4) is 0 Å². The van der Waals surface area contributed by atoms with Gasteiger partial charge in [0.1, 0.15) is 4.21 Å². The molecular weight excluding hydrogens is 382 g/mol. The van der Waals surface area contributed by atoms with Gasteiger partial charge in [0, 0.05) is 44.5 Å². The molecule has 0 radical (unpaired) electrons. The molecule has 1 aromatic heterocycles. The predicted octanol–water partition coefficient (Wildman–Crippen LogP) is 2.27. The summed E-state index contributed by atoms with van der Waals surface area (Å²) < 4.78 is 27.5. The van der Waals surface area contributed by atoms with Crippen LogP contribution < -0.4 is 10.2 Å². The van der Waals surface area contributed by atoms with Gasteiger partial charge in [-0.25, -0.2) is 8.42 Å². The first-order valence-corrected chi connectivity index (χ1v) is 10.4. The summed E-state index contributed by atoms with van der Waals surface area (Å²) in [5, 5.41) is 2.59. The summed E-state index contributed by atoms with van der Waals surface area (Å²) >= 11 is 6.93. The Morgan fingerprint density at radius 1 is 1.08 bits per heavy atom. The molecule has 1 aliphatic rings. The van der Waals surface area contributed by atoms with Crippen molar-refractivity contribution in [1.82, 2.24) is 9.62 Å². The normalized spacial score (nSPS) is 16.0. The fourth-order valence-corrected chi connectivity index (χ4v) is 5.78.